The molecule has 1 aromatic carbocycles. The number of nitrogens with zero attached hydrogens (tertiary/aromatic N) is 2. The summed E-state index contributed by atoms with van der Waals surface area (Å²) in [7, 11) is 0. The van der Waals surface area contributed by atoms with Gasteiger partial charge >= 0.3 is 0 Å². The van der Waals surface area contributed by atoms with E-state index in [9.17, 15) is 14.9 Å². The van der Waals surface area contributed by atoms with Gasteiger partial charge in [0.2, 0.25) is 5.91 Å². The number of hydrogen-bond acceptors (Lipinski definition) is 5. The number of nitro groups is 1. The average Bonchev–Trinajstić information content (AvgIpc) is 2.52. The molecule has 1 aliphatic rings. The minimum absolute atomic E-state index is 0.0723. The summed E-state index contributed by atoms with van der Waals surface area (Å²) in [4.78, 5) is 23.8. The summed E-state index contributed by atoms with van der Waals surface area (Å²) in [6, 6.07) is 6.26. The zero-order chi connectivity index (χ0) is 15.1. The Bertz CT molecular complexity index is 483. The summed E-state index contributed by atoms with van der Waals surface area (Å²) in [6.45, 7) is 3.25. The van der Waals surface area contributed by atoms with Gasteiger partial charge in [0.1, 0.15) is 0 Å². The summed E-state index contributed by atoms with van der Waals surface area (Å²) >= 11 is 0. The fourth-order valence-corrected chi connectivity index (χ4v) is 2.14. The predicted octanol–water partition coefficient (Wildman–Crippen LogP) is 1.65. The van der Waals surface area contributed by atoms with Crippen LogP contribution in [0.4, 0.5) is 11.4 Å². The fraction of sp³-hybridized carbons (Fsp3) is 0.500. The maximum absolute atomic E-state index is 11.9. The molecule has 21 heavy (non-hydrogen) atoms. The number of amides is 1. The largest absolute Gasteiger partial charge is 0.385 e. The number of non-ortho nitro benzene ring substituents is 1. The van der Waals surface area contributed by atoms with Crippen molar-refractivity contribution in [2.24, 2.45) is 0 Å². The Morgan fingerprint density at radius 3 is 2.57 bits per heavy atom. The van der Waals surface area contributed by atoms with Crippen molar-refractivity contribution >= 4 is 17.3 Å². The SMILES string of the molecule is O=C(CCCNc1ccc([N+](=O)[O-])cc1)N1CCOCC1. The minimum atomic E-state index is -0.426. The normalized spacial score (nSPS) is 14.8. The van der Waals surface area contributed by atoms with Gasteiger partial charge in [-0.05, 0) is 18.6 Å². The van der Waals surface area contributed by atoms with Crippen LogP contribution in [0, 0.1) is 10.1 Å². The van der Waals surface area contributed by atoms with Crippen molar-refractivity contribution < 1.29 is 14.5 Å². The van der Waals surface area contributed by atoms with Crippen LogP contribution < -0.4 is 5.32 Å². The lowest BCUT2D eigenvalue weighted by Crippen LogP contribution is -2.40. The highest BCUT2D eigenvalue weighted by atomic mass is 16.6. The Balaban J connectivity index is 1.67. The zero-order valence-electron chi connectivity index (χ0n) is 11.8. The minimum Gasteiger partial charge on any atom is -0.385 e. The van der Waals surface area contributed by atoms with Crippen LogP contribution >= 0.6 is 0 Å². The number of nitrogens with one attached hydrogen (secondary N) is 1. The molecule has 1 heterocycles. The number of nitro benzene ring substituents is 1. The first-order valence-corrected chi connectivity index (χ1v) is 7.00. The summed E-state index contributed by atoms with van der Waals surface area (Å²) in [5.74, 6) is 0.156. The van der Waals surface area contributed by atoms with Crippen molar-refractivity contribution in [3.63, 3.8) is 0 Å². The van der Waals surface area contributed by atoms with Crippen molar-refractivity contribution in [1.82, 2.24) is 4.90 Å². The smallest absolute Gasteiger partial charge is 0.269 e. The van der Waals surface area contributed by atoms with E-state index in [-0.39, 0.29) is 11.6 Å². The highest BCUT2D eigenvalue weighted by Crippen LogP contribution is 2.15. The monoisotopic (exact) mass is 293 g/mol. The van der Waals surface area contributed by atoms with Gasteiger partial charge in [-0.3, -0.25) is 14.9 Å². The van der Waals surface area contributed by atoms with Gasteiger partial charge in [0.05, 0.1) is 18.1 Å². The lowest BCUT2D eigenvalue weighted by atomic mass is 10.2. The number of rotatable bonds is 6. The van der Waals surface area contributed by atoms with Gasteiger partial charge in [-0.15, -0.1) is 0 Å². The molecule has 1 amide bonds. The van der Waals surface area contributed by atoms with Crippen LogP contribution in [0.25, 0.3) is 0 Å². The molecule has 1 fully saturated rings. The van der Waals surface area contributed by atoms with Crippen LogP contribution in [0.2, 0.25) is 0 Å². The molecular weight excluding hydrogens is 274 g/mol. The molecule has 0 radical (unpaired) electrons. The van der Waals surface area contributed by atoms with Crippen LogP contribution in [0.1, 0.15) is 12.8 Å². The molecule has 1 N–H and O–H groups in total. The molecule has 7 heteroatoms. The van der Waals surface area contributed by atoms with Gasteiger partial charge in [0, 0.05) is 43.9 Å². The molecule has 1 aromatic rings. The van der Waals surface area contributed by atoms with Gasteiger partial charge in [-0.25, -0.2) is 0 Å². The van der Waals surface area contributed by atoms with E-state index in [1.807, 2.05) is 4.90 Å². The molecule has 0 saturated carbocycles. The van der Waals surface area contributed by atoms with E-state index < -0.39 is 4.92 Å². The molecular formula is C14H19N3O4. The third-order valence-electron chi connectivity index (χ3n) is 3.34. The van der Waals surface area contributed by atoms with Crippen molar-refractivity contribution in [1.29, 1.82) is 0 Å². The van der Waals surface area contributed by atoms with Crippen LogP contribution in [-0.2, 0) is 9.53 Å². The molecule has 0 aromatic heterocycles. The number of carbonyl (C=O) groups excluding carboxylic acids is 1. The Kier molecular flexibility index (Phi) is 5.51. The number of carbonyl (C=O) groups is 1. The van der Waals surface area contributed by atoms with Crippen molar-refractivity contribution in [3.8, 4) is 0 Å². The van der Waals surface area contributed by atoms with E-state index >= 15 is 0 Å². The first-order valence-electron chi connectivity index (χ1n) is 7.00. The molecule has 1 saturated heterocycles. The quantitative estimate of drug-likeness (QED) is 0.489. The zero-order valence-corrected chi connectivity index (χ0v) is 11.8. The number of hydrogen-bond donors (Lipinski definition) is 1. The molecule has 1 aliphatic heterocycles. The van der Waals surface area contributed by atoms with Gasteiger partial charge < -0.3 is 15.0 Å². The number of morpholine rings is 1. The Morgan fingerprint density at radius 2 is 1.95 bits per heavy atom. The van der Waals surface area contributed by atoms with Crippen LogP contribution in [0.5, 0.6) is 0 Å². The lowest BCUT2D eigenvalue weighted by molar-refractivity contribution is -0.384. The molecule has 114 valence electrons. The Hall–Kier alpha value is -2.15. The second kappa shape index (κ2) is 7.58. The van der Waals surface area contributed by atoms with Crippen molar-refractivity contribution in [2.75, 3.05) is 38.2 Å². The van der Waals surface area contributed by atoms with E-state index in [1.54, 1.807) is 12.1 Å². The molecule has 7 nitrogen and oxygen atoms in total. The second-order valence-corrected chi connectivity index (χ2v) is 4.83. The van der Waals surface area contributed by atoms with Crippen LogP contribution in [0.3, 0.4) is 0 Å². The molecule has 0 atom stereocenters. The van der Waals surface area contributed by atoms with E-state index in [0.717, 1.165) is 12.1 Å². The maximum Gasteiger partial charge on any atom is 0.269 e. The van der Waals surface area contributed by atoms with Gasteiger partial charge in [-0.2, -0.15) is 0 Å². The van der Waals surface area contributed by atoms with Gasteiger partial charge in [0.25, 0.3) is 5.69 Å². The van der Waals surface area contributed by atoms with Gasteiger partial charge in [-0.1, -0.05) is 0 Å². The number of ether oxygens (including phenoxy) is 1. The first-order chi connectivity index (χ1) is 10.2. The van der Waals surface area contributed by atoms with Crippen LogP contribution in [0.15, 0.2) is 24.3 Å². The van der Waals surface area contributed by atoms with E-state index in [0.29, 0.717) is 39.3 Å². The summed E-state index contributed by atoms with van der Waals surface area (Å²) in [5.41, 5.74) is 0.891. The second-order valence-electron chi connectivity index (χ2n) is 4.83. The van der Waals surface area contributed by atoms with Crippen molar-refractivity contribution in [2.45, 2.75) is 12.8 Å². The molecule has 0 unspecified atom stereocenters. The Morgan fingerprint density at radius 1 is 1.29 bits per heavy atom. The maximum atomic E-state index is 11.9. The standard InChI is InChI=1S/C14H19N3O4/c18-14(16-8-10-21-11-9-16)2-1-7-15-12-3-5-13(6-4-12)17(19)20/h3-6,15H,1-2,7-11H2. The molecule has 0 aliphatic carbocycles. The summed E-state index contributed by atoms with van der Waals surface area (Å²) in [6.07, 6.45) is 1.23. The highest BCUT2D eigenvalue weighted by Gasteiger charge is 2.15. The fourth-order valence-electron chi connectivity index (χ4n) is 2.14. The Labute approximate surface area is 123 Å². The van der Waals surface area contributed by atoms with E-state index in [2.05, 4.69) is 5.32 Å². The third kappa shape index (κ3) is 4.71. The summed E-state index contributed by atoms with van der Waals surface area (Å²) in [5, 5.41) is 13.7. The number of benzene rings is 1. The van der Waals surface area contributed by atoms with Gasteiger partial charge in [0.15, 0.2) is 0 Å². The third-order valence-corrected chi connectivity index (χ3v) is 3.34. The van der Waals surface area contributed by atoms with E-state index in [4.69, 9.17) is 4.74 Å². The predicted molar refractivity (Wildman–Crippen MR) is 78.2 cm³/mol. The number of anilines is 1. The molecule has 0 spiro atoms. The highest BCUT2D eigenvalue weighted by molar-refractivity contribution is 5.76. The average molecular weight is 293 g/mol. The van der Waals surface area contributed by atoms with E-state index in [1.165, 1.54) is 12.1 Å². The first kappa shape index (κ1) is 15.2. The topological polar surface area (TPSA) is 84.7 Å². The lowest BCUT2D eigenvalue weighted by Gasteiger charge is -2.26. The molecule has 0 bridgehead atoms. The molecule has 2 rings (SSSR count). The van der Waals surface area contributed by atoms with Crippen LogP contribution in [-0.4, -0.2) is 48.6 Å². The summed E-state index contributed by atoms with van der Waals surface area (Å²) < 4.78 is 5.21. The van der Waals surface area contributed by atoms with Crippen molar-refractivity contribution in [3.05, 3.63) is 34.4 Å².